The van der Waals surface area contributed by atoms with E-state index in [9.17, 15) is 0 Å². The first-order chi connectivity index (χ1) is 7.72. The molecule has 0 heterocycles. The van der Waals surface area contributed by atoms with E-state index in [2.05, 4.69) is 0 Å². The minimum absolute atomic E-state index is 0.827. The number of allylic oxidation sites excluding steroid dienone is 1. The van der Waals surface area contributed by atoms with Gasteiger partial charge in [0.1, 0.15) is 0 Å². The summed E-state index contributed by atoms with van der Waals surface area (Å²) in [6.07, 6.45) is 4.02. The topological polar surface area (TPSA) is 27.7 Å². The van der Waals surface area contributed by atoms with Crippen LogP contribution in [0, 0.1) is 0 Å². The van der Waals surface area contributed by atoms with E-state index in [0.717, 1.165) is 11.1 Å². The molecule has 1 rings (SSSR count). The largest absolute Gasteiger partial charge is 0.327 e. The van der Waals surface area contributed by atoms with Crippen molar-refractivity contribution in [2.45, 2.75) is 12.9 Å². The Bertz CT molecular complexity index is 328. The summed E-state index contributed by atoms with van der Waals surface area (Å²) in [5.41, 5.74) is 1.96. The molecule has 0 spiro atoms. The molecule has 0 unspecified atom stereocenters. The van der Waals surface area contributed by atoms with Crippen molar-refractivity contribution in [1.29, 1.82) is 0 Å². The van der Waals surface area contributed by atoms with Crippen LogP contribution in [0.3, 0.4) is 0 Å². The fraction of sp³-hybridized carbons (Fsp3) is 0.385. The van der Waals surface area contributed by atoms with E-state index >= 15 is 0 Å². The van der Waals surface area contributed by atoms with Crippen molar-refractivity contribution < 1.29 is 14.2 Å². The molecule has 0 fully saturated rings. The lowest BCUT2D eigenvalue weighted by Crippen LogP contribution is -2.32. The molecule has 0 aliphatic rings. The van der Waals surface area contributed by atoms with Crippen molar-refractivity contribution in [3.05, 3.63) is 41.5 Å². The predicted molar refractivity (Wildman–Crippen MR) is 63.9 cm³/mol. The lowest BCUT2D eigenvalue weighted by Gasteiger charge is -2.28. The zero-order valence-electron chi connectivity index (χ0n) is 10.2. The van der Waals surface area contributed by atoms with Crippen molar-refractivity contribution in [3.63, 3.8) is 0 Å². The Balaban J connectivity index is 3.03. The van der Waals surface area contributed by atoms with Crippen LogP contribution >= 0.6 is 0 Å². The minimum atomic E-state index is -1.12. The molecule has 1 aromatic carbocycles. The molecule has 0 aromatic heterocycles. The SMILES string of the molecule is CC=Cc1ccc(C(OC)(OC)OC)cc1. The lowest BCUT2D eigenvalue weighted by atomic mass is 10.1. The third kappa shape index (κ3) is 2.50. The molecule has 88 valence electrons. The summed E-state index contributed by atoms with van der Waals surface area (Å²) >= 11 is 0. The van der Waals surface area contributed by atoms with Gasteiger partial charge in [-0.1, -0.05) is 36.4 Å². The molecule has 0 N–H and O–H groups in total. The molecule has 16 heavy (non-hydrogen) atoms. The molecule has 3 nitrogen and oxygen atoms in total. The highest BCUT2D eigenvalue weighted by Crippen LogP contribution is 2.27. The monoisotopic (exact) mass is 222 g/mol. The lowest BCUT2D eigenvalue weighted by molar-refractivity contribution is -0.364. The summed E-state index contributed by atoms with van der Waals surface area (Å²) in [6, 6.07) is 7.82. The number of methoxy groups -OCH3 is 3. The quantitative estimate of drug-likeness (QED) is 0.717. The molecule has 0 bridgehead atoms. The van der Waals surface area contributed by atoms with Gasteiger partial charge in [0.15, 0.2) is 0 Å². The number of hydrogen-bond acceptors (Lipinski definition) is 3. The van der Waals surface area contributed by atoms with Crippen LogP contribution in [0.2, 0.25) is 0 Å². The van der Waals surface area contributed by atoms with Crippen LogP contribution in [-0.4, -0.2) is 21.3 Å². The van der Waals surface area contributed by atoms with Crippen LogP contribution < -0.4 is 0 Å². The molecular formula is C13H18O3. The Morgan fingerprint density at radius 2 is 1.44 bits per heavy atom. The summed E-state index contributed by atoms with van der Waals surface area (Å²) in [5, 5.41) is 0. The minimum Gasteiger partial charge on any atom is -0.327 e. The van der Waals surface area contributed by atoms with Crippen molar-refractivity contribution in [2.24, 2.45) is 0 Å². The maximum absolute atomic E-state index is 5.26. The van der Waals surface area contributed by atoms with Crippen molar-refractivity contribution in [1.82, 2.24) is 0 Å². The van der Waals surface area contributed by atoms with E-state index in [1.165, 1.54) is 0 Å². The molecule has 0 amide bonds. The number of ether oxygens (including phenoxy) is 3. The Morgan fingerprint density at radius 3 is 1.81 bits per heavy atom. The maximum Gasteiger partial charge on any atom is 0.311 e. The van der Waals surface area contributed by atoms with Gasteiger partial charge in [0, 0.05) is 26.9 Å². The highest BCUT2D eigenvalue weighted by molar-refractivity contribution is 5.49. The van der Waals surface area contributed by atoms with Crippen molar-refractivity contribution in [2.75, 3.05) is 21.3 Å². The molecule has 0 radical (unpaired) electrons. The zero-order valence-corrected chi connectivity index (χ0v) is 10.2. The van der Waals surface area contributed by atoms with Crippen LogP contribution in [0.1, 0.15) is 18.1 Å². The van der Waals surface area contributed by atoms with Gasteiger partial charge in [-0.2, -0.15) is 0 Å². The van der Waals surface area contributed by atoms with Crippen LogP contribution in [0.4, 0.5) is 0 Å². The third-order valence-corrected chi connectivity index (χ3v) is 2.43. The average molecular weight is 222 g/mol. The fourth-order valence-corrected chi connectivity index (χ4v) is 1.59. The van der Waals surface area contributed by atoms with Gasteiger partial charge in [0.05, 0.1) is 0 Å². The normalized spacial score (nSPS) is 12.2. The van der Waals surface area contributed by atoms with Gasteiger partial charge in [-0.3, -0.25) is 0 Å². The molecular weight excluding hydrogens is 204 g/mol. The smallest absolute Gasteiger partial charge is 0.311 e. The van der Waals surface area contributed by atoms with Crippen molar-refractivity contribution >= 4 is 6.08 Å². The first kappa shape index (κ1) is 12.9. The van der Waals surface area contributed by atoms with Crippen molar-refractivity contribution in [3.8, 4) is 0 Å². The average Bonchev–Trinajstić information content (AvgIpc) is 2.34. The van der Waals surface area contributed by atoms with Gasteiger partial charge >= 0.3 is 5.97 Å². The molecule has 1 aromatic rings. The van der Waals surface area contributed by atoms with E-state index < -0.39 is 5.97 Å². The van der Waals surface area contributed by atoms with E-state index in [1.54, 1.807) is 21.3 Å². The number of benzene rings is 1. The molecule has 0 saturated carbocycles. The second-order valence-electron chi connectivity index (χ2n) is 3.29. The van der Waals surface area contributed by atoms with Gasteiger partial charge < -0.3 is 14.2 Å². The van der Waals surface area contributed by atoms with Crippen LogP contribution in [0.15, 0.2) is 30.3 Å². The van der Waals surface area contributed by atoms with E-state index in [1.807, 2.05) is 43.3 Å². The first-order valence-corrected chi connectivity index (χ1v) is 5.11. The molecule has 0 aliphatic heterocycles. The Labute approximate surface area is 96.6 Å². The molecule has 0 atom stereocenters. The number of hydrogen-bond donors (Lipinski definition) is 0. The summed E-state index contributed by atoms with van der Waals surface area (Å²) in [4.78, 5) is 0. The summed E-state index contributed by atoms with van der Waals surface area (Å²) < 4.78 is 15.8. The van der Waals surface area contributed by atoms with Gasteiger partial charge in [-0.05, 0) is 12.5 Å². The van der Waals surface area contributed by atoms with Gasteiger partial charge in [-0.25, -0.2) is 0 Å². The Kier molecular flexibility index (Phi) is 4.68. The fourth-order valence-electron chi connectivity index (χ4n) is 1.59. The van der Waals surface area contributed by atoms with E-state index in [-0.39, 0.29) is 0 Å². The third-order valence-electron chi connectivity index (χ3n) is 2.43. The van der Waals surface area contributed by atoms with Crippen LogP contribution in [0.25, 0.3) is 6.08 Å². The predicted octanol–water partition coefficient (Wildman–Crippen LogP) is 2.77. The summed E-state index contributed by atoms with van der Waals surface area (Å²) in [6.45, 7) is 1.98. The summed E-state index contributed by atoms with van der Waals surface area (Å²) in [5.74, 6) is -1.12. The van der Waals surface area contributed by atoms with Crippen LogP contribution in [0.5, 0.6) is 0 Å². The second-order valence-corrected chi connectivity index (χ2v) is 3.29. The van der Waals surface area contributed by atoms with E-state index in [4.69, 9.17) is 14.2 Å². The van der Waals surface area contributed by atoms with E-state index in [0.29, 0.717) is 0 Å². The molecule has 0 aliphatic carbocycles. The van der Waals surface area contributed by atoms with Gasteiger partial charge in [-0.15, -0.1) is 0 Å². The Hall–Kier alpha value is -1.16. The second kappa shape index (κ2) is 5.80. The van der Waals surface area contributed by atoms with Gasteiger partial charge in [0.25, 0.3) is 0 Å². The maximum atomic E-state index is 5.26. The summed E-state index contributed by atoms with van der Waals surface area (Å²) in [7, 11) is 4.65. The Morgan fingerprint density at radius 1 is 0.938 bits per heavy atom. The van der Waals surface area contributed by atoms with Gasteiger partial charge in [0.2, 0.25) is 0 Å². The molecule has 3 heteroatoms. The molecule has 0 saturated heterocycles. The highest BCUT2D eigenvalue weighted by atomic mass is 16.9. The van der Waals surface area contributed by atoms with Crippen LogP contribution in [-0.2, 0) is 20.2 Å². The zero-order chi connectivity index (χ0) is 12.0. The number of rotatable bonds is 5. The first-order valence-electron chi connectivity index (χ1n) is 5.11. The standard InChI is InChI=1S/C13H18O3/c1-5-6-11-7-9-12(10-8-11)13(14-2,15-3)16-4/h5-10H,1-4H3. The highest BCUT2D eigenvalue weighted by Gasteiger charge is 2.31.